The van der Waals surface area contributed by atoms with Gasteiger partial charge in [-0.1, -0.05) is 20.8 Å². The van der Waals surface area contributed by atoms with Crippen LogP contribution in [0.2, 0.25) is 0 Å². The number of rotatable bonds is 9. The minimum Gasteiger partial charge on any atom is -0.479 e. The van der Waals surface area contributed by atoms with Crippen LogP contribution in [0.1, 0.15) is 48.5 Å². The van der Waals surface area contributed by atoms with Crippen molar-refractivity contribution < 1.29 is 28.4 Å². The Kier molecular flexibility index (Phi) is 7.53. The summed E-state index contributed by atoms with van der Waals surface area (Å²) in [6.45, 7) is 12.2. The second-order valence-electron chi connectivity index (χ2n) is 6.18. The molecule has 126 valence electrons. The number of nitrogens with one attached hydrogen (secondary N) is 1. The van der Waals surface area contributed by atoms with E-state index < -0.39 is 30.4 Å². The third-order valence-corrected chi connectivity index (χ3v) is 5.44. The lowest BCUT2D eigenvalue weighted by atomic mass is 9.97. The fourth-order valence-electron chi connectivity index (χ4n) is 1.51. The maximum atomic E-state index is 12.9. The molecule has 0 spiro atoms. The fourth-order valence-corrected chi connectivity index (χ4v) is 3.73. The molecule has 8 heteroatoms. The maximum absolute atomic E-state index is 12.9. The van der Waals surface area contributed by atoms with Gasteiger partial charge >= 0.3 is 13.6 Å². The minimum absolute atomic E-state index is 0.216. The molecular formula is C13H28NO6P. The molecule has 0 saturated heterocycles. The molecule has 0 aromatic carbocycles. The number of carbonyl (C=O) groups is 1. The third-order valence-electron chi connectivity index (χ3n) is 2.70. The molecule has 0 amide bonds. The lowest BCUT2D eigenvalue weighted by molar-refractivity contribution is -0.174. The standard InChI is InChI=1S/C13H28NO6P/c1-8-18-21(17,19-9-2)10(12(3,4)5)14-20-13(6,7)11(15)16/h10,14H,8-9H2,1-7H3,(H,15,16). The van der Waals surface area contributed by atoms with Gasteiger partial charge < -0.3 is 14.2 Å². The molecule has 0 aliphatic heterocycles. The van der Waals surface area contributed by atoms with E-state index in [-0.39, 0.29) is 13.2 Å². The number of carboxylic acid groups (broad SMARTS) is 1. The summed E-state index contributed by atoms with van der Waals surface area (Å²) in [5.41, 5.74) is 0.599. The van der Waals surface area contributed by atoms with Crippen LogP contribution in [-0.4, -0.2) is 35.7 Å². The summed E-state index contributed by atoms with van der Waals surface area (Å²) in [5, 5.41) is 9.07. The highest BCUT2D eigenvalue weighted by atomic mass is 31.2. The highest BCUT2D eigenvalue weighted by Gasteiger charge is 2.45. The summed E-state index contributed by atoms with van der Waals surface area (Å²) < 4.78 is 23.6. The Morgan fingerprint density at radius 3 is 1.86 bits per heavy atom. The zero-order valence-corrected chi connectivity index (χ0v) is 14.8. The topological polar surface area (TPSA) is 94.1 Å². The van der Waals surface area contributed by atoms with Crippen molar-refractivity contribution >= 4 is 13.6 Å². The Balaban J connectivity index is 5.30. The van der Waals surface area contributed by atoms with Crippen LogP contribution in [-0.2, 0) is 23.2 Å². The molecule has 0 rings (SSSR count). The summed E-state index contributed by atoms with van der Waals surface area (Å²) in [7, 11) is -3.50. The van der Waals surface area contributed by atoms with E-state index in [0.717, 1.165) is 0 Å². The van der Waals surface area contributed by atoms with Crippen molar-refractivity contribution in [3.63, 3.8) is 0 Å². The van der Waals surface area contributed by atoms with E-state index in [9.17, 15) is 9.36 Å². The van der Waals surface area contributed by atoms with Crippen LogP contribution in [0.5, 0.6) is 0 Å². The summed E-state index contributed by atoms with van der Waals surface area (Å²) in [6.07, 6.45) is 0. The van der Waals surface area contributed by atoms with Gasteiger partial charge in [0.05, 0.1) is 13.2 Å². The van der Waals surface area contributed by atoms with Crippen LogP contribution < -0.4 is 5.48 Å². The van der Waals surface area contributed by atoms with E-state index in [1.807, 2.05) is 20.8 Å². The summed E-state index contributed by atoms with van der Waals surface area (Å²) >= 11 is 0. The number of hydrogen-bond acceptors (Lipinski definition) is 6. The first-order valence-corrected chi connectivity index (χ1v) is 8.57. The van der Waals surface area contributed by atoms with Gasteiger partial charge in [-0.25, -0.2) is 4.79 Å². The summed E-state index contributed by atoms with van der Waals surface area (Å²) in [6, 6.07) is 0. The largest absolute Gasteiger partial charge is 0.479 e. The smallest absolute Gasteiger partial charge is 0.350 e. The number of hydroxylamine groups is 1. The number of aliphatic carboxylic acids is 1. The van der Waals surface area contributed by atoms with Crippen LogP contribution in [0.25, 0.3) is 0 Å². The van der Waals surface area contributed by atoms with Crippen molar-refractivity contribution in [1.82, 2.24) is 5.48 Å². The Hall–Kier alpha value is -0.460. The Bertz CT molecular complexity index is 381. The van der Waals surface area contributed by atoms with Gasteiger partial charge in [-0.2, -0.15) is 5.48 Å². The molecule has 1 unspecified atom stereocenters. The average Bonchev–Trinajstić information content (AvgIpc) is 2.27. The molecule has 0 radical (unpaired) electrons. The monoisotopic (exact) mass is 325 g/mol. The zero-order valence-electron chi connectivity index (χ0n) is 13.9. The van der Waals surface area contributed by atoms with Gasteiger partial charge in [0.2, 0.25) is 0 Å². The third kappa shape index (κ3) is 6.04. The molecule has 1 atom stereocenters. The number of carboxylic acids is 1. The first-order valence-electron chi connectivity index (χ1n) is 6.96. The normalized spacial score (nSPS) is 15.0. The molecule has 0 bridgehead atoms. The molecule has 7 nitrogen and oxygen atoms in total. The second-order valence-corrected chi connectivity index (χ2v) is 8.29. The predicted octanol–water partition coefficient (Wildman–Crippen LogP) is 3.01. The Morgan fingerprint density at radius 1 is 1.14 bits per heavy atom. The highest BCUT2D eigenvalue weighted by molar-refractivity contribution is 7.54. The molecule has 0 fully saturated rings. The van der Waals surface area contributed by atoms with Crippen LogP contribution in [0.3, 0.4) is 0 Å². The van der Waals surface area contributed by atoms with Crippen LogP contribution in [0.4, 0.5) is 0 Å². The van der Waals surface area contributed by atoms with Gasteiger partial charge in [0, 0.05) is 0 Å². The quantitative estimate of drug-likeness (QED) is 0.497. The van der Waals surface area contributed by atoms with Crippen molar-refractivity contribution in [3.8, 4) is 0 Å². The Morgan fingerprint density at radius 2 is 1.57 bits per heavy atom. The van der Waals surface area contributed by atoms with Crippen LogP contribution in [0.15, 0.2) is 0 Å². The lowest BCUT2D eigenvalue weighted by Crippen LogP contribution is -2.48. The van der Waals surface area contributed by atoms with E-state index in [2.05, 4.69) is 5.48 Å². The lowest BCUT2D eigenvalue weighted by Gasteiger charge is -2.37. The van der Waals surface area contributed by atoms with Crippen molar-refractivity contribution in [2.75, 3.05) is 13.2 Å². The van der Waals surface area contributed by atoms with Gasteiger partial charge in [-0.05, 0) is 33.1 Å². The average molecular weight is 325 g/mol. The van der Waals surface area contributed by atoms with Crippen LogP contribution in [0, 0.1) is 5.41 Å². The van der Waals surface area contributed by atoms with Gasteiger partial charge in [0.15, 0.2) is 5.60 Å². The van der Waals surface area contributed by atoms with E-state index in [1.165, 1.54) is 13.8 Å². The first-order chi connectivity index (χ1) is 9.40. The molecule has 0 aromatic rings. The van der Waals surface area contributed by atoms with Gasteiger partial charge in [-0.3, -0.25) is 9.40 Å². The van der Waals surface area contributed by atoms with Gasteiger partial charge in [0.1, 0.15) is 5.78 Å². The Labute approximate surface area is 126 Å². The van der Waals surface area contributed by atoms with E-state index in [0.29, 0.717) is 0 Å². The highest BCUT2D eigenvalue weighted by Crippen LogP contribution is 2.57. The zero-order chi connectivity index (χ0) is 16.9. The SMILES string of the molecule is CCOP(=O)(OCC)C(NOC(C)(C)C(=O)O)C(C)(C)C. The molecule has 2 N–H and O–H groups in total. The van der Waals surface area contributed by atoms with Crippen molar-refractivity contribution in [1.29, 1.82) is 0 Å². The number of hydrogen-bond donors (Lipinski definition) is 2. The fraction of sp³-hybridized carbons (Fsp3) is 0.923. The predicted molar refractivity (Wildman–Crippen MR) is 80.0 cm³/mol. The van der Waals surface area contributed by atoms with Crippen molar-refractivity contribution in [2.45, 2.75) is 59.9 Å². The summed E-state index contributed by atoms with van der Waals surface area (Å²) in [4.78, 5) is 16.3. The second kappa shape index (κ2) is 7.70. The van der Waals surface area contributed by atoms with Crippen molar-refractivity contribution in [3.05, 3.63) is 0 Å². The van der Waals surface area contributed by atoms with Crippen molar-refractivity contribution in [2.24, 2.45) is 5.41 Å². The molecule has 0 aromatic heterocycles. The molecule has 0 aliphatic rings. The molecule has 0 saturated carbocycles. The molecule has 21 heavy (non-hydrogen) atoms. The van der Waals surface area contributed by atoms with Crippen LogP contribution >= 0.6 is 7.60 Å². The first kappa shape index (κ1) is 20.5. The minimum atomic E-state index is -3.50. The van der Waals surface area contributed by atoms with E-state index in [1.54, 1.807) is 13.8 Å². The molecular weight excluding hydrogens is 297 g/mol. The van der Waals surface area contributed by atoms with E-state index in [4.69, 9.17) is 19.0 Å². The maximum Gasteiger partial charge on any atom is 0.350 e. The molecule has 0 heterocycles. The summed E-state index contributed by atoms with van der Waals surface area (Å²) in [5.74, 6) is -1.94. The molecule has 0 aliphatic carbocycles. The van der Waals surface area contributed by atoms with Gasteiger partial charge in [-0.15, -0.1) is 0 Å². The van der Waals surface area contributed by atoms with E-state index >= 15 is 0 Å². The van der Waals surface area contributed by atoms with Gasteiger partial charge in [0.25, 0.3) is 0 Å².